The quantitative estimate of drug-likeness (QED) is 0.290. The first-order valence-corrected chi connectivity index (χ1v) is 15.3. The number of rotatable bonds is 7. The van der Waals surface area contributed by atoms with Crippen LogP contribution in [-0.4, -0.2) is 54.8 Å². The molecule has 0 aromatic heterocycles. The number of benzene rings is 4. The number of carbonyl (C=O) groups excluding carboxylic acids is 1. The first-order valence-electron chi connectivity index (χ1n) is 13.4. The van der Waals surface area contributed by atoms with Crippen LogP contribution in [0, 0.1) is 6.92 Å². The van der Waals surface area contributed by atoms with Gasteiger partial charge in [-0.05, 0) is 66.2 Å². The summed E-state index contributed by atoms with van der Waals surface area (Å²) < 4.78 is 28.5. The zero-order valence-corrected chi connectivity index (χ0v) is 24.4. The van der Waals surface area contributed by atoms with Crippen LogP contribution in [0.3, 0.4) is 0 Å². The van der Waals surface area contributed by atoms with E-state index in [0.29, 0.717) is 37.4 Å². The predicted molar refractivity (Wildman–Crippen MR) is 166 cm³/mol. The number of nitrogens with zero attached hydrogens (tertiary/aromatic N) is 2. The van der Waals surface area contributed by atoms with Gasteiger partial charge in [0, 0.05) is 37.4 Å². The maximum absolute atomic E-state index is 13.5. The number of carbonyl (C=O) groups is 1. The van der Waals surface area contributed by atoms with E-state index in [1.165, 1.54) is 11.1 Å². The van der Waals surface area contributed by atoms with E-state index in [1.807, 2.05) is 55.5 Å². The van der Waals surface area contributed by atoms with Crippen LogP contribution in [0.25, 0.3) is 0 Å². The fourth-order valence-electron chi connectivity index (χ4n) is 5.11. The summed E-state index contributed by atoms with van der Waals surface area (Å²) in [6.07, 6.45) is 0. The number of piperazine rings is 1. The summed E-state index contributed by atoms with van der Waals surface area (Å²) >= 11 is 5.29. The van der Waals surface area contributed by atoms with Crippen molar-refractivity contribution in [1.82, 2.24) is 14.5 Å². The lowest BCUT2D eigenvalue weighted by Crippen LogP contribution is -2.49. The molecular weight excluding hydrogens is 553 g/mol. The van der Waals surface area contributed by atoms with Gasteiger partial charge in [0.25, 0.3) is 5.91 Å². The molecule has 0 bridgehead atoms. The average molecular weight is 585 g/mol. The van der Waals surface area contributed by atoms with Crippen molar-refractivity contribution in [3.8, 4) is 0 Å². The number of amides is 1. The van der Waals surface area contributed by atoms with Gasteiger partial charge in [0.1, 0.15) is 0 Å². The van der Waals surface area contributed by atoms with Crippen LogP contribution in [-0.2, 0) is 10.0 Å². The Morgan fingerprint density at radius 1 is 0.756 bits per heavy atom. The molecular formula is C32H32N4O3S2. The summed E-state index contributed by atoms with van der Waals surface area (Å²) in [5, 5.41) is 5.76. The van der Waals surface area contributed by atoms with Crippen molar-refractivity contribution in [3.63, 3.8) is 0 Å². The molecule has 210 valence electrons. The Labute approximate surface area is 246 Å². The second-order valence-electron chi connectivity index (χ2n) is 9.91. The molecule has 0 atom stereocenters. The van der Waals surface area contributed by atoms with Gasteiger partial charge >= 0.3 is 0 Å². The summed E-state index contributed by atoms with van der Waals surface area (Å²) in [5.41, 5.74) is 4.34. The largest absolute Gasteiger partial charge is 0.332 e. The van der Waals surface area contributed by atoms with Crippen molar-refractivity contribution in [2.24, 2.45) is 0 Å². The lowest BCUT2D eigenvalue weighted by Gasteiger charge is -2.39. The highest BCUT2D eigenvalue weighted by atomic mass is 32.2. The lowest BCUT2D eigenvalue weighted by atomic mass is 9.96. The molecule has 1 heterocycles. The first kappa shape index (κ1) is 28.6. The maximum atomic E-state index is 13.5. The van der Waals surface area contributed by atoms with E-state index < -0.39 is 10.0 Å². The Morgan fingerprint density at radius 3 is 1.85 bits per heavy atom. The number of hydrogen-bond donors (Lipinski definition) is 2. The predicted octanol–water partition coefficient (Wildman–Crippen LogP) is 5.22. The molecule has 0 saturated carbocycles. The summed E-state index contributed by atoms with van der Waals surface area (Å²) in [6, 6.07) is 34.4. The zero-order chi connectivity index (χ0) is 28.8. The van der Waals surface area contributed by atoms with Gasteiger partial charge in [-0.1, -0.05) is 78.9 Å². The minimum atomic E-state index is -3.67. The van der Waals surface area contributed by atoms with Crippen molar-refractivity contribution >= 4 is 38.9 Å². The number of thiocarbonyl (C=S) groups is 1. The lowest BCUT2D eigenvalue weighted by molar-refractivity contribution is 0.0977. The molecule has 5 rings (SSSR count). The van der Waals surface area contributed by atoms with Gasteiger partial charge in [0.15, 0.2) is 5.11 Å². The second-order valence-corrected chi connectivity index (χ2v) is 12.3. The summed E-state index contributed by atoms with van der Waals surface area (Å²) in [7, 11) is -3.67. The van der Waals surface area contributed by atoms with E-state index in [1.54, 1.807) is 40.7 Å². The molecule has 7 nitrogen and oxygen atoms in total. The van der Waals surface area contributed by atoms with Crippen molar-refractivity contribution in [2.75, 3.05) is 31.5 Å². The van der Waals surface area contributed by atoms with Gasteiger partial charge in [-0.2, -0.15) is 4.31 Å². The smallest absolute Gasteiger partial charge is 0.257 e. The molecule has 4 aromatic rings. The molecule has 1 amide bonds. The molecule has 1 aliphatic rings. The monoisotopic (exact) mass is 584 g/mol. The van der Waals surface area contributed by atoms with E-state index in [-0.39, 0.29) is 22.0 Å². The SMILES string of the molecule is Cc1ccccc1C(=O)NC(=S)Nc1ccc(S(=O)(=O)N2CCN(C(c3ccccc3)c3ccccc3)CC2)cc1. The van der Waals surface area contributed by atoms with E-state index in [0.717, 1.165) is 5.56 Å². The van der Waals surface area contributed by atoms with Crippen LogP contribution in [0.2, 0.25) is 0 Å². The summed E-state index contributed by atoms with van der Waals surface area (Å²) in [6.45, 7) is 3.88. The Morgan fingerprint density at radius 2 is 1.29 bits per heavy atom. The number of sulfonamides is 1. The molecule has 41 heavy (non-hydrogen) atoms. The summed E-state index contributed by atoms with van der Waals surface area (Å²) in [5.74, 6) is -0.305. The molecule has 0 spiro atoms. The average Bonchev–Trinajstić information content (AvgIpc) is 2.99. The molecule has 9 heteroatoms. The molecule has 1 aliphatic heterocycles. The second kappa shape index (κ2) is 12.7. The van der Waals surface area contributed by atoms with Crippen molar-refractivity contribution in [1.29, 1.82) is 0 Å². The molecule has 2 N–H and O–H groups in total. The first-order chi connectivity index (χ1) is 19.8. The minimum absolute atomic E-state index is 0.0581. The Kier molecular flexibility index (Phi) is 8.90. The molecule has 0 unspecified atom stereocenters. The van der Waals surface area contributed by atoms with Crippen molar-refractivity contribution < 1.29 is 13.2 Å². The number of anilines is 1. The fraction of sp³-hybridized carbons (Fsp3) is 0.188. The third kappa shape index (κ3) is 6.71. The third-order valence-corrected chi connectivity index (χ3v) is 9.35. The van der Waals surface area contributed by atoms with Crippen LogP contribution in [0.5, 0.6) is 0 Å². The van der Waals surface area contributed by atoms with Crippen LogP contribution in [0.15, 0.2) is 114 Å². The number of hydrogen-bond acceptors (Lipinski definition) is 5. The van der Waals surface area contributed by atoms with Crippen molar-refractivity contribution in [3.05, 3.63) is 131 Å². The topological polar surface area (TPSA) is 81.8 Å². The Bertz CT molecular complexity index is 1560. The summed E-state index contributed by atoms with van der Waals surface area (Å²) in [4.78, 5) is 15.1. The Balaban J connectivity index is 1.22. The minimum Gasteiger partial charge on any atom is -0.332 e. The highest BCUT2D eigenvalue weighted by Gasteiger charge is 2.32. The highest BCUT2D eigenvalue weighted by molar-refractivity contribution is 7.89. The highest BCUT2D eigenvalue weighted by Crippen LogP contribution is 2.30. The van der Waals surface area contributed by atoms with E-state index in [4.69, 9.17) is 12.2 Å². The van der Waals surface area contributed by atoms with Gasteiger partial charge in [-0.15, -0.1) is 0 Å². The van der Waals surface area contributed by atoms with E-state index >= 15 is 0 Å². The van der Waals surface area contributed by atoms with Gasteiger partial charge in [-0.25, -0.2) is 8.42 Å². The van der Waals surface area contributed by atoms with Crippen LogP contribution in [0.4, 0.5) is 5.69 Å². The van der Waals surface area contributed by atoms with Gasteiger partial charge in [0.05, 0.1) is 10.9 Å². The maximum Gasteiger partial charge on any atom is 0.257 e. The molecule has 1 fully saturated rings. The van der Waals surface area contributed by atoms with E-state index in [9.17, 15) is 13.2 Å². The number of nitrogens with one attached hydrogen (secondary N) is 2. The fourth-order valence-corrected chi connectivity index (χ4v) is 6.74. The third-order valence-electron chi connectivity index (χ3n) is 7.24. The van der Waals surface area contributed by atoms with Gasteiger partial charge < -0.3 is 5.32 Å². The molecule has 1 saturated heterocycles. The van der Waals surface area contributed by atoms with Gasteiger partial charge in [0.2, 0.25) is 10.0 Å². The molecule has 4 aromatic carbocycles. The van der Waals surface area contributed by atoms with Crippen LogP contribution < -0.4 is 10.6 Å². The molecule has 0 radical (unpaired) electrons. The van der Waals surface area contributed by atoms with Gasteiger partial charge in [-0.3, -0.25) is 15.0 Å². The standard InChI is InChI=1S/C32H32N4O3S2/c1-24-10-8-9-15-29(24)31(37)34-32(40)33-27-16-18-28(19-17-27)41(38,39)36-22-20-35(21-23-36)30(25-11-4-2-5-12-25)26-13-6-3-7-14-26/h2-19,30H,20-23H2,1H3,(H2,33,34,37,40). The van der Waals surface area contributed by atoms with Crippen molar-refractivity contribution in [2.45, 2.75) is 17.9 Å². The zero-order valence-electron chi connectivity index (χ0n) is 22.7. The molecule has 0 aliphatic carbocycles. The van der Waals surface area contributed by atoms with Crippen LogP contribution in [0.1, 0.15) is 33.1 Å². The Hall–Kier alpha value is -3.89. The van der Waals surface area contributed by atoms with Crippen LogP contribution >= 0.6 is 12.2 Å². The van der Waals surface area contributed by atoms with E-state index in [2.05, 4.69) is 39.8 Å². The normalized spacial score (nSPS) is 14.5. The number of aryl methyl sites for hydroxylation is 1.